The average Bonchev–Trinajstić information content (AvgIpc) is 3.16. The van der Waals surface area contributed by atoms with Crippen LogP contribution in [0.15, 0.2) is 47.3 Å². The Morgan fingerprint density at radius 1 is 1.17 bits per heavy atom. The average molecular weight is 409 g/mol. The van der Waals surface area contributed by atoms with Gasteiger partial charge in [0.2, 0.25) is 5.91 Å². The van der Waals surface area contributed by atoms with Crippen molar-refractivity contribution in [1.29, 1.82) is 0 Å². The first-order chi connectivity index (χ1) is 14.1. The zero-order chi connectivity index (χ0) is 20.0. The van der Waals surface area contributed by atoms with Crippen LogP contribution in [0.2, 0.25) is 0 Å². The van der Waals surface area contributed by atoms with Crippen molar-refractivity contribution in [2.75, 3.05) is 26.8 Å². The second kappa shape index (κ2) is 7.43. The Labute approximate surface area is 173 Å². The van der Waals surface area contributed by atoms with Gasteiger partial charge in [0, 0.05) is 47.9 Å². The number of aromatic nitrogens is 1. The van der Waals surface area contributed by atoms with Gasteiger partial charge in [-0.2, -0.15) is 0 Å². The number of hydrogen-bond acceptors (Lipinski definition) is 4. The molecule has 3 aromatic rings. The van der Waals surface area contributed by atoms with Gasteiger partial charge in [0.1, 0.15) is 0 Å². The molecule has 0 aliphatic carbocycles. The van der Waals surface area contributed by atoms with E-state index >= 15 is 0 Å². The lowest BCUT2D eigenvalue weighted by atomic mass is 9.83. The fraction of sp³-hybridized carbons (Fsp3) is 0.391. The van der Waals surface area contributed by atoms with Crippen LogP contribution in [0.5, 0.6) is 0 Å². The Bertz CT molecular complexity index is 1100. The van der Waals surface area contributed by atoms with Crippen LogP contribution in [-0.2, 0) is 16.1 Å². The Morgan fingerprint density at radius 3 is 2.86 bits per heavy atom. The maximum atomic E-state index is 13.4. The normalized spacial score (nSPS) is 20.7. The van der Waals surface area contributed by atoms with Crippen molar-refractivity contribution in [3.63, 3.8) is 0 Å². The topological polar surface area (TPSA) is 51.5 Å². The molecular formula is C23H24N2O3S. The molecule has 2 bridgehead atoms. The number of hydrogen-bond donors (Lipinski definition) is 0. The van der Waals surface area contributed by atoms with E-state index in [0.717, 1.165) is 29.1 Å². The van der Waals surface area contributed by atoms with Crippen LogP contribution < -0.4 is 5.56 Å². The molecule has 2 aliphatic rings. The number of piperidine rings is 1. The fourth-order valence-corrected chi connectivity index (χ4v) is 5.88. The number of benzene rings is 1. The van der Waals surface area contributed by atoms with Crippen molar-refractivity contribution in [1.82, 2.24) is 9.47 Å². The van der Waals surface area contributed by atoms with Crippen molar-refractivity contribution in [2.45, 2.75) is 25.3 Å². The summed E-state index contributed by atoms with van der Waals surface area (Å²) in [5.41, 5.74) is 1.95. The number of fused-ring (bicyclic) bond motifs is 5. The van der Waals surface area contributed by atoms with E-state index in [4.69, 9.17) is 4.74 Å². The van der Waals surface area contributed by atoms with Crippen molar-refractivity contribution in [3.05, 3.63) is 58.5 Å². The van der Waals surface area contributed by atoms with Crippen molar-refractivity contribution >= 4 is 27.3 Å². The molecule has 0 spiro atoms. The second-order valence-electron chi connectivity index (χ2n) is 8.08. The first kappa shape index (κ1) is 18.6. The second-order valence-corrected chi connectivity index (χ2v) is 9.16. The molecule has 1 saturated heterocycles. The predicted molar refractivity (Wildman–Crippen MR) is 115 cm³/mol. The predicted octanol–water partition coefficient (Wildman–Crippen LogP) is 3.71. The molecule has 2 unspecified atom stereocenters. The van der Waals surface area contributed by atoms with E-state index in [-0.39, 0.29) is 17.4 Å². The minimum Gasteiger partial charge on any atom is -0.384 e. The third-order valence-electron chi connectivity index (χ3n) is 6.17. The van der Waals surface area contributed by atoms with Crippen molar-refractivity contribution in [2.24, 2.45) is 5.92 Å². The van der Waals surface area contributed by atoms with Gasteiger partial charge in [0.25, 0.3) is 5.56 Å². The Hall–Kier alpha value is -2.44. The molecule has 6 heteroatoms. The van der Waals surface area contributed by atoms with Gasteiger partial charge < -0.3 is 14.2 Å². The number of carbonyl (C=O) groups is 1. The number of amides is 1. The number of thiophene rings is 1. The van der Waals surface area contributed by atoms with E-state index in [1.165, 1.54) is 10.1 Å². The molecule has 5 nitrogen and oxygen atoms in total. The van der Waals surface area contributed by atoms with E-state index in [2.05, 4.69) is 24.3 Å². The van der Waals surface area contributed by atoms with E-state index < -0.39 is 0 Å². The number of pyridine rings is 1. The monoisotopic (exact) mass is 408 g/mol. The highest BCUT2D eigenvalue weighted by molar-refractivity contribution is 7.22. The molecule has 0 N–H and O–H groups in total. The molecule has 0 saturated carbocycles. The molecule has 5 rings (SSSR count). The van der Waals surface area contributed by atoms with Gasteiger partial charge in [-0.25, -0.2) is 0 Å². The lowest BCUT2D eigenvalue weighted by Gasteiger charge is -2.43. The number of nitrogens with zero attached hydrogens (tertiary/aromatic N) is 2. The third kappa shape index (κ3) is 3.30. The number of likely N-dealkylation sites (tertiary alicyclic amines) is 1. The van der Waals surface area contributed by atoms with Crippen molar-refractivity contribution in [3.8, 4) is 10.4 Å². The summed E-state index contributed by atoms with van der Waals surface area (Å²) in [7, 11) is 1.62. The summed E-state index contributed by atoms with van der Waals surface area (Å²) in [5.74, 6) is 0.723. The van der Waals surface area contributed by atoms with Crippen LogP contribution in [0.1, 0.15) is 24.5 Å². The summed E-state index contributed by atoms with van der Waals surface area (Å²) < 4.78 is 8.22. The van der Waals surface area contributed by atoms with Crippen LogP contribution >= 0.6 is 11.3 Å². The van der Waals surface area contributed by atoms with Gasteiger partial charge in [-0.15, -0.1) is 11.3 Å². The minimum atomic E-state index is 0.0999. The van der Waals surface area contributed by atoms with Gasteiger partial charge in [-0.3, -0.25) is 9.59 Å². The maximum Gasteiger partial charge on any atom is 0.259 e. The van der Waals surface area contributed by atoms with E-state index in [1.807, 2.05) is 27.7 Å². The largest absolute Gasteiger partial charge is 0.384 e. The Balaban J connectivity index is 1.47. The number of rotatable bonds is 4. The number of methoxy groups -OCH3 is 1. The van der Waals surface area contributed by atoms with Crippen LogP contribution in [0.4, 0.5) is 0 Å². The van der Waals surface area contributed by atoms with Crippen LogP contribution in [0, 0.1) is 5.92 Å². The quantitative estimate of drug-likeness (QED) is 0.661. The van der Waals surface area contributed by atoms with E-state index in [9.17, 15) is 9.59 Å². The van der Waals surface area contributed by atoms with Crippen LogP contribution in [-0.4, -0.2) is 42.2 Å². The molecule has 0 radical (unpaired) electrons. The first-order valence-electron chi connectivity index (χ1n) is 10.1. The number of carbonyl (C=O) groups excluding carboxylic acids is 1. The van der Waals surface area contributed by atoms with Crippen LogP contribution in [0.25, 0.3) is 20.5 Å². The fourth-order valence-electron chi connectivity index (χ4n) is 4.80. The zero-order valence-corrected chi connectivity index (χ0v) is 17.3. The smallest absolute Gasteiger partial charge is 0.259 e. The summed E-state index contributed by atoms with van der Waals surface area (Å²) >= 11 is 1.67. The van der Waals surface area contributed by atoms with Crippen molar-refractivity contribution < 1.29 is 9.53 Å². The molecule has 1 amide bonds. The van der Waals surface area contributed by atoms with Gasteiger partial charge in [-0.05, 0) is 42.0 Å². The molecule has 1 aromatic carbocycles. The highest BCUT2D eigenvalue weighted by Crippen LogP contribution is 2.37. The van der Waals surface area contributed by atoms with Crippen LogP contribution in [0.3, 0.4) is 0 Å². The molecule has 4 heterocycles. The standard InChI is InChI=1S/C23H24N2O3S/c1-28-9-8-22(26)24-12-15-10-17(14-24)19-7-6-18(23(27)25(19)13-15)21-11-16-4-2-3-5-20(16)29-21/h2-7,11,15,17H,8-10,12-14H2,1H3. The molecule has 2 aliphatic heterocycles. The summed E-state index contributed by atoms with van der Waals surface area (Å²) in [4.78, 5) is 28.8. The summed E-state index contributed by atoms with van der Waals surface area (Å²) in [6.07, 6.45) is 1.48. The van der Waals surface area contributed by atoms with Gasteiger partial charge in [0.15, 0.2) is 0 Å². The lowest BCUT2D eigenvalue weighted by molar-refractivity contribution is -0.134. The van der Waals surface area contributed by atoms with Gasteiger partial charge in [0.05, 0.1) is 18.6 Å². The number of ether oxygens (including phenoxy) is 1. The lowest BCUT2D eigenvalue weighted by Crippen LogP contribution is -2.49. The summed E-state index contributed by atoms with van der Waals surface area (Å²) in [5, 5.41) is 1.18. The first-order valence-corrected chi connectivity index (χ1v) is 10.9. The maximum absolute atomic E-state index is 13.4. The van der Waals surface area contributed by atoms with E-state index in [1.54, 1.807) is 18.4 Å². The molecule has 2 atom stereocenters. The summed E-state index contributed by atoms with van der Waals surface area (Å²) in [6.45, 7) is 2.58. The zero-order valence-electron chi connectivity index (χ0n) is 16.5. The molecule has 150 valence electrons. The SMILES string of the molecule is COCCC(=O)N1CC2CC(C1)c1ccc(-c3cc4ccccc4s3)c(=O)n1C2. The van der Waals surface area contributed by atoms with Gasteiger partial charge >= 0.3 is 0 Å². The highest BCUT2D eigenvalue weighted by atomic mass is 32.1. The molecular weight excluding hydrogens is 384 g/mol. The van der Waals surface area contributed by atoms with Gasteiger partial charge in [-0.1, -0.05) is 18.2 Å². The Kier molecular flexibility index (Phi) is 4.76. The molecule has 2 aromatic heterocycles. The minimum absolute atomic E-state index is 0.0999. The molecule has 29 heavy (non-hydrogen) atoms. The van der Waals surface area contributed by atoms with E-state index in [0.29, 0.717) is 32.0 Å². The molecule has 1 fully saturated rings. The summed E-state index contributed by atoms with van der Waals surface area (Å²) in [6, 6.07) is 14.4. The Morgan fingerprint density at radius 2 is 2.03 bits per heavy atom. The third-order valence-corrected chi connectivity index (χ3v) is 7.32. The highest BCUT2D eigenvalue weighted by Gasteiger charge is 2.36.